The SMILES string of the molecule is COc1cc2c(cc1OC)C(c1cccs1)N(S(=O)(=O)c1ccc3c(c1)CCC(=O)N3)CC2. The number of sulfonamides is 1. The van der Waals surface area contributed by atoms with Gasteiger partial charge in [-0.2, -0.15) is 4.31 Å². The molecule has 1 aromatic heterocycles. The van der Waals surface area contributed by atoms with E-state index in [1.165, 1.54) is 11.3 Å². The molecule has 0 saturated carbocycles. The standard InChI is InChI=1S/C24H24N2O5S2/c1-30-20-13-15-9-10-26(24(22-4-3-11-32-22)18(15)14-21(20)31-2)33(28,29)17-6-7-19-16(12-17)5-8-23(27)25-19/h3-4,6-7,11-14,24H,5,8-10H2,1-2H3,(H,25,27). The predicted molar refractivity (Wildman–Crippen MR) is 127 cm³/mol. The van der Waals surface area contributed by atoms with Crippen molar-refractivity contribution in [1.82, 2.24) is 4.31 Å². The van der Waals surface area contributed by atoms with Gasteiger partial charge in [0.25, 0.3) is 0 Å². The van der Waals surface area contributed by atoms with E-state index in [-0.39, 0.29) is 10.8 Å². The van der Waals surface area contributed by atoms with Gasteiger partial charge in [0, 0.05) is 23.5 Å². The minimum atomic E-state index is -3.81. The number of ether oxygens (including phenoxy) is 2. The van der Waals surface area contributed by atoms with E-state index >= 15 is 0 Å². The van der Waals surface area contributed by atoms with Crippen LogP contribution in [0.1, 0.15) is 34.0 Å². The maximum absolute atomic E-state index is 13.9. The van der Waals surface area contributed by atoms with Crippen LogP contribution in [0.15, 0.2) is 52.7 Å². The van der Waals surface area contributed by atoms with Crippen LogP contribution in [0.5, 0.6) is 11.5 Å². The number of methoxy groups -OCH3 is 2. The van der Waals surface area contributed by atoms with Gasteiger partial charge in [0.2, 0.25) is 15.9 Å². The number of amides is 1. The Morgan fingerprint density at radius 1 is 1.00 bits per heavy atom. The lowest BCUT2D eigenvalue weighted by Crippen LogP contribution is -2.40. The van der Waals surface area contributed by atoms with Crippen molar-refractivity contribution < 1.29 is 22.7 Å². The number of carbonyl (C=O) groups is 1. The van der Waals surface area contributed by atoms with Crippen LogP contribution in [0, 0.1) is 0 Å². The highest BCUT2D eigenvalue weighted by Gasteiger charge is 2.39. The zero-order valence-corrected chi connectivity index (χ0v) is 20.0. The molecule has 2 aromatic carbocycles. The Morgan fingerprint density at radius 2 is 1.79 bits per heavy atom. The molecule has 5 rings (SSSR count). The Balaban J connectivity index is 1.61. The van der Waals surface area contributed by atoms with E-state index in [0.29, 0.717) is 43.0 Å². The third kappa shape index (κ3) is 3.80. The predicted octanol–water partition coefficient (Wildman–Crippen LogP) is 3.99. The molecule has 0 fully saturated rings. The van der Waals surface area contributed by atoms with Crippen molar-refractivity contribution in [2.45, 2.75) is 30.2 Å². The molecular weight excluding hydrogens is 460 g/mol. The minimum Gasteiger partial charge on any atom is -0.493 e. The number of nitrogens with zero attached hydrogens (tertiary/aromatic N) is 1. The number of fused-ring (bicyclic) bond motifs is 2. The fourth-order valence-electron chi connectivity index (χ4n) is 4.58. The van der Waals surface area contributed by atoms with E-state index in [1.54, 1.807) is 36.7 Å². The fraction of sp³-hybridized carbons (Fsp3) is 0.292. The van der Waals surface area contributed by atoms with Crippen LogP contribution in [-0.2, 0) is 27.7 Å². The van der Waals surface area contributed by atoms with Crippen LogP contribution in [0.3, 0.4) is 0 Å². The van der Waals surface area contributed by atoms with Gasteiger partial charge in [0.15, 0.2) is 11.5 Å². The van der Waals surface area contributed by atoms with E-state index in [2.05, 4.69) is 5.32 Å². The molecule has 1 N–H and O–H groups in total. The second kappa shape index (κ2) is 8.48. The van der Waals surface area contributed by atoms with Gasteiger partial charge in [-0.3, -0.25) is 4.79 Å². The highest BCUT2D eigenvalue weighted by molar-refractivity contribution is 7.89. The molecule has 1 unspecified atom stereocenters. The summed E-state index contributed by atoms with van der Waals surface area (Å²) in [5.74, 6) is 1.16. The van der Waals surface area contributed by atoms with Crippen LogP contribution < -0.4 is 14.8 Å². The van der Waals surface area contributed by atoms with Crippen LogP contribution >= 0.6 is 11.3 Å². The molecule has 0 bridgehead atoms. The second-order valence-electron chi connectivity index (χ2n) is 8.06. The zero-order valence-electron chi connectivity index (χ0n) is 18.3. The molecule has 33 heavy (non-hydrogen) atoms. The number of aryl methyl sites for hydroxylation is 1. The highest BCUT2D eigenvalue weighted by Crippen LogP contribution is 2.44. The van der Waals surface area contributed by atoms with Crippen molar-refractivity contribution in [1.29, 1.82) is 0 Å². The van der Waals surface area contributed by atoms with Crippen molar-refractivity contribution in [3.63, 3.8) is 0 Å². The summed E-state index contributed by atoms with van der Waals surface area (Å²) in [7, 11) is -0.634. The Bertz CT molecular complexity index is 1320. The van der Waals surface area contributed by atoms with E-state index in [1.807, 2.05) is 29.6 Å². The Hall–Kier alpha value is -2.88. The Labute approximate surface area is 197 Å². The molecule has 9 heteroatoms. The zero-order chi connectivity index (χ0) is 23.2. The van der Waals surface area contributed by atoms with Crippen molar-refractivity contribution in [3.8, 4) is 11.5 Å². The molecule has 1 amide bonds. The summed E-state index contributed by atoms with van der Waals surface area (Å²) in [6.45, 7) is 0.348. The van der Waals surface area contributed by atoms with Crippen LogP contribution in [0.25, 0.3) is 0 Å². The van der Waals surface area contributed by atoms with Crippen LogP contribution in [-0.4, -0.2) is 39.4 Å². The van der Waals surface area contributed by atoms with Crippen LogP contribution in [0.2, 0.25) is 0 Å². The van der Waals surface area contributed by atoms with Gasteiger partial charge < -0.3 is 14.8 Å². The number of hydrogen-bond acceptors (Lipinski definition) is 6. The van der Waals surface area contributed by atoms with Gasteiger partial charge in [0.1, 0.15) is 0 Å². The van der Waals surface area contributed by atoms with Crippen LogP contribution in [0.4, 0.5) is 5.69 Å². The first-order valence-electron chi connectivity index (χ1n) is 10.6. The summed E-state index contributed by atoms with van der Waals surface area (Å²) in [6, 6.07) is 12.2. The highest BCUT2D eigenvalue weighted by atomic mass is 32.2. The third-order valence-corrected chi connectivity index (χ3v) is 9.01. The fourth-order valence-corrected chi connectivity index (χ4v) is 7.14. The lowest BCUT2D eigenvalue weighted by molar-refractivity contribution is -0.116. The number of anilines is 1. The van der Waals surface area contributed by atoms with E-state index in [4.69, 9.17) is 9.47 Å². The molecule has 0 aliphatic carbocycles. The van der Waals surface area contributed by atoms with Crippen molar-refractivity contribution in [2.24, 2.45) is 0 Å². The molecule has 3 heterocycles. The first-order chi connectivity index (χ1) is 15.9. The lowest BCUT2D eigenvalue weighted by atomic mass is 9.92. The van der Waals surface area contributed by atoms with Gasteiger partial charge in [-0.1, -0.05) is 6.07 Å². The average molecular weight is 485 g/mol. The summed E-state index contributed by atoms with van der Waals surface area (Å²) in [4.78, 5) is 12.9. The average Bonchev–Trinajstić information content (AvgIpc) is 3.36. The van der Waals surface area contributed by atoms with E-state index in [0.717, 1.165) is 21.6 Å². The summed E-state index contributed by atoms with van der Waals surface area (Å²) in [5.41, 5.74) is 3.47. The number of hydrogen-bond donors (Lipinski definition) is 1. The molecule has 2 aliphatic heterocycles. The molecule has 172 valence electrons. The summed E-state index contributed by atoms with van der Waals surface area (Å²) in [5, 5.41) is 4.77. The van der Waals surface area contributed by atoms with Gasteiger partial charge >= 0.3 is 0 Å². The van der Waals surface area contributed by atoms with Gasteiger partial charge in [-0.05, 0) is 71.3 Å². The van der Waals surface area contributed by atoms with Gasteiger partial charge in [-0.25, -0.2) is 8.42 Å². The van der Waals surface area contributed by atoms with Gasteiger partial charge in [-0.15, -0.1) is 11.3 Å². The van der Waals surface area contributed by atoms with Crippen molar-refractivity contribution in [2.75, 3.05) is 26.1 Å². The molecule has 0 spiro atoms. The smallest absolute Gasteiger partial charge is 0.243 e. The molecule has 3 aromatic rings. The third-order valence-electron chi connectivity index (χ3n) is 6.22. The monoisotopic (exact) mass is 484 g/mol. The summed E-state index contributed by atoms with van der Waals surface area (Å²) in [6.07, 6.45) is 1.45. The number of thiophene rings is 1. The Morgan fingerprint density at radius 3 is 2.52 bits per heavy atom. The molecule has 0 saturated heterocycles. The maximum Gasteiger partial charge on any atom is 0.243 e. The maximum atomic E-state index is 13.9. The quantitative estimate of drug-likeness (QED) is 0.592. The van der Waals surface area contributed by atoms with Gasteiger partial charge in [0.05, 0.1) is 25.2 Å². The molecule has 0 radical (unpaired) electrons. The topological polar surface area (TPSA) is 84.9 Å². The normalized spacial score (nSPS) is 18.2. The number of rotatable bonds is 5. The molecule has 1 atom stereocenters. The second-order valence-corrected chi connectivity index (χ2v) is 10.9. The number of carbonyl (C=O) groups excluding carboxylic acids is 1. The largest absolute Gasteiger partial charge is 0.493 e. The Kier molecular flexibility index (Phi) is 5.64. The summed E-state index contributed by atoms with van der Waals surface area (Å²) < 4.78 is 40.4. The molecular formula is C24H24N2O5S2. The first kappa shape index (κ1) is 21.9. The molecule has 7 nitrogen and oxygen atoms in total. The summed E-state index contributed by atoms with van der Waals surface area (Å²) >= 11 is 1.53. The first-order valence-corrected chi connectivity index (χ1v) is 13.0. The van der Waals surface area contributed by atoms with E-state index in [9.17, 15) is 13.2 Å². The lowest BCUT2D eigenvalue weighted by Gasteiger charge is -2.36. The van der Waals surface area contributed by atoms with E-state index < -0.39 is 16.1 Å². The minimum absolute atomic E-state index is 0.0483. The number of nitrogens with one attached hydrogen (secondary N) is 1. The number of benzene rings is 2. The molecule has 2 aliphatic rings. The van der Waals surface area contributed by atoms with Crippen molar-refractivity contribution in [3.05, 3.63) is 69.4 Å². The van der Waals surface area contributed by atoms with Crippen molar-refractivity contribution >= 4 is 33.0 Å².